The molecule has 1 unspecified atom stereocenters. The molecule has 2 aromatic carbocycles. The van der Waals surface area contributed by atoms with Crippen molar-refractivity contribution in [1.82, 2.24) is 16.0 Å². The van der Waals surface area contributed by atoms with E-state index in [1.807, 2.05) is 42.5 Å². The van der Waals surface area contributed by atoms with Crippen molar-refractivity contribution in [2.24, 2.45) is 5.73 Å². The van der Waals surface area contributed by atoms with Crippen LogP contribution in [0.3, 0.4) is 0 Å². The number of hydrogen-bond acceptors (Lipinski definition) is 7. The van der Waals surface area contributed by atoms with Crippen molar-refractivity contribution in [3.8, 4) is 0 Å². The highest BCUT2D eigenvalue weighted by Gasteiger charge is 2.30. The summed E-state index contributed by atoms with van der Waals surface area (Å²) in [5.41, 5.74) is 9.60. The van der Waals surface area contributed by atoms with Gasteiger partial charge in [-0.3, -0.25) is 19.2 Å². The molecule has 11 nitrogen and oxygen atoms in total. The standard InChI is InChI=1S/C27H32N4O7S/c28-19-12-16-6-4-15(5-7-16)10-17-2-1-3-18(11-17)13-21(26(36)31-22(14-39)27(37)38)30-25(35)20(29-24(19)34)8-9-23(32)33/h1-7,11,19-22,39H,8-10,12-14,28H2,(H,29,34)(H,30,35)(H,31,36)(H,32,33)(H,37,38)/t19-,20-,21?,22-/m0/s1. The van der Waals surface area contributed by atoms with Gasteiger partial charge in [0.1, 0.15) is 18.1 Å². The van der Waals surface area contributed by atoms with E-state index >= 15 is 0 Å². The number of rotatable bonds is 7. The number of fused-ring (bicyclic) bond motifs is 10. The average Bonchev–Trinajstić information content (AvgIpc) is 2.89. The highest BCUT2D eigenvalue weighted by molar-refractivity contribution is 7.80. The van der Waals surface area contributed by atoms with Crippen molar-refractivity contribution in [2.45, 2.75) is 56.3 Å². The Morgan fingerprint density at radius 1 is 0.949 bits per heavy atom. The summed E-state index contributed by atoms with van der Waals surface area (Å²) in [7, 11) is 0. The Bertz CT molecular complexity index is 1220. The number of carboxylic acids is 2. The first-order valence-corrected chi connectivity index (χ1v) is 13.1. The van der Waals surface area contributed by atoms with Gasteiger partial charge in [0.25, 0.3) is 0 Å². The van der Waals surface area contributed by atoms with Crippen molar-refractivity contribution in [1.29, 1.82) is 0 Å². The number of carbonyl (C=O) groups is 5. The maximum Gasteiger partial charge on any atom is 0.327 e. The molecule has 39 heavy (non-hydrogen) atoms. The SMILES string of the molecule is N[C@H]1Cc2ccc(cc2)Cc2cccc(c2)CC(C(=O)N[C@@H](CS)C(=O)O)NC(=O)[C@H](CCC(=O)O)NC1=O. The van der Waals surface area contributed by atoms with Gasteiger partial charge in [-0.05, 0) is 41.5 Å². The molecular weight excluding hydrogens is 524 g/mol. The minimum atomic E-state index is -1.29. The number of hydrogen-bond donors (Lipinski definition) is 7. The Morgan fingerprint density at radius 2 is 1.62 bits per heavy atom. The van der Waals surface area contributed by atoms with Crippen LogP contribution in [0.2, 0.25) is 0 Å². The van der Waals surface area contributed by atoms with Gasteiger partial charge in [-0.15, -0.1) is 0 Å². The molecule has 2 aliphatic rings. The fourth-order valence-corrected chi connectivity index (χ4v) is 4.48. The summed E-state index contributed by atoms with van der Waals surface area (Å²) in [6, 6.07) is 10.2. The van der Waals surface area contributed by atoms with Crippen LogP contribution in [-0.4, -0.2) is 69.8 Å². The van der Waals surface area contributed by atoms with Crippen LogP contribution in [0, 0.1) is 0 Å². The fourth-order valence-electron chi connectivity index (χ4n) is 4.23. The second kappa shape index (κ2) is 13.8. The van der Waals surface area contributed by atoms with Crippen LogP contribution in [0.15, 0.2) is 48.5 Å². The van der Waals surface area contributed by atoms with Crippen LogP contribution in [-0.2, 0) is 43.2 Å². The smallest absolute Gasteiger partial charge is 0.327 e. The van der Waals surface area contributed by atoms with E-state index in [9.17, 15) is 29.1 Å². The van der Waals surface area contributed by atoms with E-state index in [0.717, 1.165) is 16.7 Å². The predicted molar refractivity (Wildman–Crippen MR) is 145 cm³/mol. The number of nitrogens with one attached hydrogen (secondary N) is 3. The van der Waals surface area contributed by atoms with Gasteiger partial charge in [-0.2, -0.15) is 12.6 Å². The summed E-state index contributed by atoms with van der Waals surface area (Å²) in [4.78, 5) is 62.0. The maximum atomic E-state index is 13.3. The van der Waals surface area contributed by atoms with E-state index in [1.54, 1.807) is 6.07 Å². The second-order valence-corrected chi connectivity index (χ2v) is 9.83. The summed E-state index contributed by atoms with van der Waals surface area (Å²) < 4.78 is 0. The number of carboxylic acid groups (broad SMARTS) is 2. The molecule has 2 aliphatic heterocycles. The molecule has 0 radical (unpaired) electrons. The summed E-state index contributed by atoms with van der Waals surface area (Å²) in [5.74, 6) is -4.84. The third-order valence-corrected chi connectivity index (χ3v) is 6.73. The number of benzene rings is 2. The van der Waals surface area contributed by atoms with Gasteiger partial charge in [0.2, 0.25) is 17.7 Å². The second-order valence-electron chi connectivity index (χ2n) is 9.46. The quantitative estimate of drug-likeness (QED) is 0.233. The zero-order valence-corrected chi connectivity index (χ0v) is 22.0. The summed E-state index contributed by atoms with van der Waals surface area (Å²) in [5, 5.41) is 26.0. The molecule has 0 saturated carbocycles. The van der Waals surface area contributed by atoms with Crippen LogP contribution in [0.1, 0.15) is 35.1 Å². The van der Waals surface area contributed by atoms with Gasteiger partial charge in [-0.25, -0.2) is 4.79 Å². The third-order valence-electron chi connectivity index (χ3n) is 6.36. The molecule has 4 bridgehead atoms. The number of thiol groups is 1. The first kappa shape index (κ1) is 29.7. The van der Waals surface area contributed by atoms with Crippen LogP contribution in [0.4, 0.5) is 0 Å². The lowest BCUT2D eigenvalue weighted by molar-refractivity contribution is -0.141. The van der Waals surface area contributed by atoms with Gasteiger partial charge in [0.15, 0.2) is 0 Å². The van der Waals surface area contributed by atoms with Gasteiger partial charge in [0, 0.05) is 18.6 Å². The van der Waals surface area contributed by atoms with Crippen molar-refractivity contribution in [3.05, 3.63) is 70.8 Å². The minimum absolute atomic E-state index is 0.0162. The number of amides is 3. The zero-order chi connectivity index (χ0) is 28.5. The summed E-state index contributed by atoms with van der Waals surface area (Å²) >= 11 is 3.97. The Morgan fingerprint density at radius 3 is 2.26 bits per heavy atom. The molecule has 208 valence electrons. The lowest BCUT2D eigenvalue weighted by Crippen LogP contribution is -2.58. The maximum absolute atomic E-state index is 13.3. The van der Waals surface area contributed by atoms with E-state index in [0.29, 0.717) is 12.0 Å². The Balaban J connectivity index is 1.99. The highest BCUT2D eigenvalue weighted by atomic mass is 32.1. The Kier molecular flexibility index (Phi) is 10.5. The minimum Gasteiger partial charge on any atom is -0.481 e. The average molecular weight is 557 g/mol. The molecule has 0 saturated heterocycles. The Hall–Kier alpha value is -3.90. The fraction of sp³-hybridized carbons (Fsp3) is 0.370. The topological polar surface area (TPSA) is 188 Å². The monoisotopic (exact) mass is 556 g/mol. The summed E-state index contributed by atoms with van der Waals surface area (Å²) in [6.45, 7) is 0. The molecule has 0 fully saturated rings. The van der Waals surface area contributed by atoms with E-state index in [2.05, 4.69) is 28.6 Å². The molecule has 0 aromatic heterocycles. The van der Waals surface area contributed by atoms with Gasteiger partial charge in [-0.1, -0.05) is 48.5 Å². The molecule has 0 aliphatic carbocycles. The van der Waals surface area contributed by atoms with Crippen LogP contribution in [0.5, 0.6) is 0 Å². The molecule has 3 amide bonds. The van der Waals surface area contributed by atoms with Gasteiger partial charge < -0.3 is 31.9 Å². The van der Waals surface area contributed by atoms with E-state index in [-0.39, 0.29) is 25.0 Å². The molecular formula is C27H32N4O7S. The third kappa shape index (κ3) is 8.82. The molecule has 7 N–H and O–H groups in total. The normalized spacial score (nSPS) is 20.7. The van der Waals surface area contributed by atoms with E-state index in [1.165, 1.54) is 0 Å². The van der Waals surface area contributed by atoms with E-state index in [4.69, 9.17) is 10.8 Å². The number of nitrogens with two attached hydrogens (primary N) is 1. The zero-order valence-electron chi connectivity index (χ0n) is 21.1. The molecule has 4 atom stereocenters. The van der Waals surface area contributed by atoms with Crippen LogP contribution < -0.4 is 21.7 Å². The van der Waals surface area contributed by atoms with Crippen LogP contribution >= 0.6 is 12.6 Å². The first-order valence-electron chi connectivity index (χ1n) is 12.4. The lowest BCUT2D eigenvalue weighted by Gasteiger charge is -2.25. The van der Waals surface area contributed by atoms with E-state index < -0.39 is 60.2 Å². The highest BCUT2D eigenvalue weighted by Crippen LogP contribution is 2.16. The van der Waals surface area contributed by atoms with Gasteiger partial charge >= 0.3 is 11.9 Å². The molecule has 2 aromatic rings. The lowest BCUT2D eigenvalue weighted by atomic mass is 9.97. The molecule has 2 heterocycles. The van der Waals surface area contributed by atoms with Gasteiger partial charge in [0.05, 0.1) is 6.04 Å². The molecule has 4 rings (SSSR count). The van der Waals surface area contributed by atoms with Crippen molar-refractivity contribution < 1.29 is 34.2 Å². The summed E-state index contributed by atoms with van der Waals surface area (Å²) in [6.07, 6.45) is 0.145. The first-order chi connectivity index (χ1) is 18.5. The molecule has 12 heteroatoms. The Labute approximate surface area is 230 Å². The molecule has 0 spiro atoms. The van der Waals surface area contributed by atoms with Crippen molar-refractivity contribution in [3.63, 3.8) is 0 Å². The number of carbonyl (C=O) groups excluding carboxylic acids is 3. The van der Waals surface area contributed by atoms with Crippen molar-refractivity contribution in [2.75, 3.05) is 5.75 Å². The largest absolute Gasteiger partial charge is 0.481 e. The van der Waals surface area contributed by atoms with Crippen molar-refractivity contribution >= 4 is 42.3 Å². The number of aliphatic carboxylic acids is 2. The van der Waals surface area contributed by atoms with Crippen LogP contribution in [0.25, 0.3) is 0 Å². The predicted octanol–water partition coefficient (Wildman–Crippen LogP) is 0.0369.